The Hall–Kier alpha value is -2.18. The molecule has 0 radical (unpaired) electrons. The Morgan fingerprint density at radius 3 is 2.00 bits per heavy atom. The topological polar surface area (TPSA) is 96.0 Å². The van der Waals surface area contributed by atoms with E-state index in [-0.39, 0.29) is 87.3 Å². The van der Waals surface area contributed by atoms with Crippen LogP contribution in [0, 0.1) is 50.2 Å². The molecule has 5 aliphatic rings. The Labute approximate surface area is 258 Å². The molecular weight excluding hydrogens is 544 g/mol. The summed E-state index contributed by atoms with van der Waals surface area (Å²) in [5.74, 6) is -0.673. The highest BCUT2D eigenvalue weighted by molar-refractivity contribution is 5.95. The van der Waals surface area contributed by atoms with Gasteiger partial charge in [-0.05, 0) is 90.9 Å². The van der Waals surface area contributed by atoms with Crippen molar-refractivity contribution in [2.75, 3.05) is 6.61 Å². The zero-order valence-corrected chi connectivity index (χ0v) is 28.2. The first-order valence-corrected chi connectivity index (χ1v) is 16.5. The Morgan fingerprint density at radius 2 is 1.40 bits per heavy atom. The van der Waals surface area contributed by atoms with Gasteiger partial charge in [-0.15, -0.1) is 0 Å². The molecular formula is C36H54O7. The highest BCUT2D eigenvalue weighted by atomic mass is 16.6. The van der Waals surface area contributed by atoms with Crippen molar-refractivity contribution in [3.8, 4) is 0 Å². The van der Waals surface area contributed by atoms with Gasteiger partial charge in [0.1, 0.15) is 18.8 Å². The van der Waals surface area contributed by atoms with Gasteiger partial charge in [-0.3, -0.25) is 19.2 Å². The van der Waals surface area contributed by atoms with Crippen LogP contribution >= 0.6 is 0 Å². The number of carbonyl (C=O) groups excluding carboxylic acids is 4. The van der Waals surface area contributed by atoms with Crippen molar-refractivity contribution in [1.82, 2.24) is 0 Å². The Balaban J connectivity index is 1.59. The monoisotopic (exact) mass is 598 g/mol. The van der Waals surface area contributed by atoms with E-state index >= 15 is 0 Å². The fourth-order valence-corrected chi connectivity index (χ4v) is 11.5. The first-order chi connectivity index (χ1) is 19.7. The van der Waals surface area contributed by atoms with Gasteiger partial charge < -0.3 is 14.2 Å². The van der Waals surface area contributed by atoms with E-state index in [1.807, 2.05) is 6.08 Å². The van der Waals surface area contributed by atoms with E-state index < -0.39 is 5.41 Å². The average molecular weight is 599 g/mol. The van der Waals surface area contributed by atoms with Crippen molar-refractivity contribution in [2.24, 2.45) is 50.2 Å². The smallest absolute Gasteiger partial charge is 0.302 e. The molecule has 5 aliphatic carbocycles. The van der Waals surface area contributed by atoms with Gasteiger partial charge in [0, 0.05) is 37.5 Å². The van der Waals surface area contributed by atoms with E-state index in [2.05, 4.69) is 48.5 Å². The molecule has 0 aromatic rings. The third kappa shape index (κ3) is 4.72. The summed E-state index contributed by atoms with van der Waals surface area (Å²) in [6.07, 6.45) is 8.36. The molecule has 0 aromatic carbocycles. The van der Waals surface area contributed by atoms with Crippen LogP contribution in [0.4, 0.5) is 0 Å². The molecule has 10 atom stereocenters. The van der Waals surface area contributed by atoms with Gasteiger partial charge >= 0.3 is 17.9 Å². The van der Waals surface area contributed by atoms with Gasteiger partial charge in [-0.1, -0.05) is 54.0 Å². The van der Waals surface area contributed by atoms with Crippen molar-refractivity contribution in [2.45, 2.75) is 133 Å². The third-order valence-electron chi connectivity index (χ3n) is 13.8. The molecule has 4 saturated carbocycles. The van der Waals surface area contributed by atoms with Gasteiger partial charge in [0.05, 0.1) is 0 Å². The number of esters is 3. The number of allylic oxidation sites excluding steroid dienone is 2. The summed E-state index contributed by atoms with van der Waals surface area (Å²) in [7, 11) is 0. The summed E-state index contributed by atoms with van der Waals surface area (Å²) in [4.78, 5) is 51.0. The Bertz CT molecular complexity index is 1250. The predicted octanol–water partition coefficient (Wildman–Crippen LogP) is 7.00. The minimum Gasteiger partial charge on any atom is -0.465 e. The van der Waals surface area contributed by atoms with Crippen LogP contribution in [0.5, 0.6) is 0 Å². The molecule has 5 rings (SSSR count). The summed E-state index contributed by atoms with van der Waals surface area (Å²) in [5.41, 5.74) is -0.302. The molecule has 0 bridgehead atoms. The minimum absolute atomic E-state index is 0.0125. The number of ketones is 1. The first-order valence-electron chi connectivity index (χ1n) is 16.5. The number of ether oxygens (including phenoxy) is 3. The molecule has 0 aliphatic heterocycles. The summed E-state index contributed by atoms with van der Waals surface area (Å²) in [6.45, 7) is 20.5. The molecule has 0 spiro atoms. The van der Waals surface area contributed by atoms with Gasteiger partial charge in [-0.2, -0.15) is 0 Å². The van der Waals surface area contributed by atoms with E-state index in [1.165, 1.54) is 26.3 Å². The molecule has 0 aromatic heterocycles. The second-order valence-corrected chi connectivity index (χ2v) is 16.9. The first kappa shape index (κ1) is 32.2. The van der Waals surface area contributed by atoms with Gasteiger partial charge in [0.15, 0.2) is 5.78 Å². The zero-order chi connectivity index (χ0) is 32.0. The van der Waals surface area contributed by atoms with Crippen LogP contribution in [0.15, 0.2) is 11.6 Å². The maximum Gasteiger partial charge on any atom is 0.302 e. The average Bonchev–Trinajstić information content (AvgIpc) is 2.86. The second kappa shape index (κ2) is 10.2. The normalized spacial score (nSPS) is 46.6. The molecule has 2 unspecified atom stereocenters. The van der Waals surface area contributed by atoms with Crippen molar-refractivity contribution >= 4 is 23.7 Å². The van der Waals surface area contributed by atoms with Crippen LogP contribution in [0.1, 0.15) is 121 Å². The lowest BCUT2D eigenvalue weighted by Gasteiger charge is -2.71. The summed E-state index contributed by atoms with van der Waals surface area (Å²) < 4.78 is 17.6. The Kier molecular flexibility index (Phi) is 7.62. The number of carbonyl (C=O) groups is 4. The maximum atomic E-state index is 14.7. The second-order valence-electron chi connectivity index (χ2n) is 16.9. The van der Waals surface area contributed by atoms with Gasteiger partial charge in [0.2, 0.25) is 0 Å². The summed E-state index contributed by atoms with van der Waals surface area (Å²) >= 11 is 0. The highest BCUT2D eigenvalue weighted by Gasteiger charge is 2.71. The van der Waals surface area contributed by atoms with Crippen molar-refractivity contribution in [3.05, 3.63) is 11.6 Å². The lowest BCUT2D eigenvalue weighted by atomic mass is 9.33. The maximum absolute atomic E-state index is 14.7. The molecule has 7 heteroatoms. The lowest BCUT2D eigenvalue weighted by molar-refractivity contribution is -0.225. The standard InChI is InChI=1S/C36H54O7/c1-21(37)41-20-34(8)27-11-14-36(10)30(33(27,7)13-12-28(34)42-22(2)38)26(40)17-24-25-18-31(4,5)19-29(43-23(3)39)32(25,6)15-16-35(24,36)9/h17,25,27-30H,11-16,18-20H2,1-10H3/t25?,27?,28-,29+,30+,32+,33-,34+,35+,36+/m0/s1. The quantitative estimate of drug-likeness (QED) is 0.254. The van der Waals surface area contributed by atoms with Crippen LogP contribution in [-0.2, 0) is 33.4 Å². The minimum atomic E-state index is -0.591. The third-order valence-corrected chi connectivity index (χ3v) is 13.8. The van der Waals surface area contributed by atoms with Crippen LogP contribution in [-0.4, -0.2) is 42.5 Å². The van der Waals surface area contributed by atoms with Crippen molar-refractivity contribution in [1.29, 1.82) is 0 Å². The van der Waals surface area contributed by atoms with E-state index in [1.54, 1.807) is 0 Å². The fourth-order valence-electron chi connectivity index (χ4n) is 11.5. The van der Waals surface area contributed by atoms with E-state index in [0.717, 1.165) is 44.9 Å². The molecule has 7 nitrogen and oxygen atoms in total. The Morgan fingerprint density at radius 1 is 0.767 bits per heavy atom. The van der Waals surface area contributed by atoms with Gasteiger partial charge in [0.25, 0.3) is 0 Å². The molecule has 0 heterocycles. The lowest BCUT2D eigenvalue weighted by Crippen LogP contribution is -2.68. The number of fused-ring (bicyclic) bond motifs is 7. The zero-order valence-electron chi connectivity index (χ0n) is 28.2. The van der Waals surface area contributed by atoms with Crippen LogP contribution < -0.4 is 0 Å². The van der Waals surface area contributed by atoms with Crippen LogP contribution in [0.3, 0.4) is 0 Å². The van der Waals surface area contributed by atoms with Crippen LogP contribution in [0.25, 0.3) is 0 Å². The number of rotatable bonds is 4. The van der Waals surface area contributed by atoms with Crippen LogP contribution in [0.2, 0.25) is 0 Å². The van der Waals surface area contributed by atoms with Crippen molar-refractivity contribution < 1.29 is 33.4 Å². The van der Waals surface area contributed by atoms with E-state index in [9.17, 15) is 19.2 Å². The summed E-state index contributed by atoms with van der Waals surface area (Å²) in [5, 5.41) is 0. The molecule has 43 heavy (non-hydrogen) atoms. The predicted molar refractivity (Wildman–Crippen MR) is 163 cm³/mol. The summed E-state index contributed by atoms with van der Waals surface area (Å²) in [6, 6.07) is 0. The SMILES string of the molecule is CC(=O)OC[C@]1(C)C2CC[C@]3(C)[C@H](C(=O)C=C4C5CC(C)(C)C[C@@H](OC(C)=O)[C@]5(C)CC[C@]43C)[C@@]2(C)CC[C@@H]1OC(C)=O. The molecule has 240 valence electrons. The highest BCUT2D eigenvalue weighted by Crippen LogP contribution is 2.75. The molecule has 4 fully saturated rings. The molecule has 0 N–H and O–H groups in total. The fraction of sp³-hybridized carbons (Fsp3) is 0.833. The van der Waals surface area contributed by atoms with E-state index in [0.29, 0.717) is 6.42 Å². The molecule has 0 saturated heterocycles. The molecule has 0 amide bonds. The van der Waals surface area contributed by atoms with Crippen molar-refractivity contribution in [3.63, 3.8) is 0 Å². The number of hydrogen-bond acceptors (Lipinski definition) is 7. The van der Waals surface area contributed by atoms with E-state index in [4.69, 9.17) is 14.2 Å². The number of hydrogen-bond donors (Lipinski definition) is 0. The van der Waals surface area contributed by atoms with Gasteiger partial charge in [-0.25, -0.2) is 0 Å². The largest absolute Gasteiger partial charge is 0.465 e.